The molecule has 0 spiro atoms. The van der Waals surface area contributed by atoms with Crippen LogP contribution in [0.2, 0.25) is 0 Å². The normalized spacial score (nSPS) is 31.5. The third kappa shape index (κ3) is 2.55. The molecule has 1 N–H and O–H groups in total. The first-order chi connectivity index (χ1) is 8.83. The zero-order valence-electron chi connectivity index (χ0n) is 11.5. The van der Waals surface area contributed by atoms with Gasteiger partial charge in [0, 0.05) is 12.2 Å². The van der Waals surface area contributed by atoms with Gasteiger partial charge in [-0.05, 0) is 48.6 Å². The summed E-state index contributed by atoms with van der Waals surface area (Å²) in [6, 6.07) is 8.92. The van der Waals surface area contributed by atoms with Crippen molar-refractivity contribution in [3.8, 4) is 0 Å². The summed E-state index contributed by atoms with van der Waals surface area (Å²) < 4.78 is 0. The van der Waals surface area contributed by atoms with Gasteiger partial charge in [-0.25, -0.2) is 0 Å². The fraction of sp³-hybridized carbons (Fsp3) is 0.647. The van der Waals surface area contributed by atoms with E-state index in [0.29, 0.717) is 0 Å². The highest BCUT2D eigenvalue weighted by Gasteiger charge is 2.25. The van der Waals surface area contributed by atoms with Crippen LogP contribution < -0.4 is 5.32 Å². The van der Waals surface area contributed by atoms with Crippen LogP contribution in [0, 0.1) is 11.8 Å². The molecule has 1 fully saturated rings. The van der Waals surface area contributed by atoms with Gasteiger partial charge >= 0.3 is 0 Å². The minimum Gasteiger partial charge on any atom is -0.385 e. The zero-order valence-corrected chi connectivity index (χ0v) is 11.5. The molecule has 0 amide bonds. The molecular formula is C17H25N. The molecule has 1 saturated carbocycles. The lowest BCUT2D eigenvalue weighted by Crippen LogP contribution is -2.21. The van der Waals surface area contributed by atoms with Gasteiger partial charge in [0.05, 0.1) is 0 Å². The Labute approximate surface area is 111 Å². The van der Waals surface area contributed by atoms with Crippen molar-refractivity contribution in [3.05, 3.63) is 29.8 Å². The van der Waals surface area contributed by atoms with Crippen LogP contribution in [0.25, 0.3) is 0 Å². The maximum absolute atomic E-state index is 3.54. The van der Waals surface area contributed by atoms with E-state index in [4.69, 9.17) is 0 Å². The van der Waals surface area contributed by atoms with Gasteiger partial charge in [-0.2, -0.15) is 0 Å². The fourth-order valence-corrected chi connectivity index (χ4v) is 3.97. The lowest BCUT2D eigenvalue weighted by Gasteiger charge is -2.33. The number of hydrogen-bond acceptors (Lipinski definition) is 1. The first-order valence-corrected chi connectivity index (χ1v) is 7.65. The summed E-state index contributed by atoms with van der Waals surface area (Å²) in [4.78, 5) is 0. The minimum absolute atomic E-state index is 0.803. The molecule has 0 radical (unpaired) electrons. The predicted molar refractivity (Wildman–Crippen MR) is 78.0 cm³/mol. The number of benzene rings is 1. The summed E-state index contributed by atoms with van der Waals surface area (Å²) in [7, 11) is 0. The Kier molecular flexibility index (Phi) is 3.58. The molecule has 3 unspecified atom stereocenters. The quantitative estimate of drug-likeness (QED) is 0.786. The van der Waals surface area contributed by atoms with Crippen LogP contribution in [0.5, 0.6) is 0 Å². The van der Waals surface area contributed by atoms with Crippen molar-refractivity contribution in [2.75, 3.05) is 11.9 Å². The summed E-state index contributed by atoms with van der Waals surface area (Å²) in [5.74, 6) is 2.74. The summed E-state index contributed by atoms with van der Waals surface area (Å²) >= 11 is 0. The molecule has 2 aliphatic rings. The molecule has 1 heteroatoms. The number of fused-ring (bicyclic) bond motifs is 1. The van der Waals surface area contributed by atoms with Crippen LogP contribution in [0.15, 0.2) is 24.3 Å². The predicted octanol–water partition coefficient (Wildman–Crippen LogP) is 4.80. The molecule has 0 bridgehead atoms. The average molecular weight is 243 g/mol. The fourth-order valence-electron chi connectivity index (χ4n) is 3.97. The Morgan fingerprint density at radius 1 is 1.17 bits per heavy atom. The first kappa shape index (κ1) is 12.1. The van der Waals surface area contributed by atoms with E-state index in [1.165, 1.54) is 44.2 Å². The number of rotatable bonds is 2. The van der Waals surface area contributed by atoms with E-state index in [1.54, 1.807) is 5.56 Å². The van der Waals surface area contributed by atoms with Gasteiger partial charge in [0.25, 0.3) is 0 Å². The number of anilines is 1. The van der Waals surface area contributed by atoms with Crippen molar-refractivity contribution in [3.63, 3.8) is 0 Å². The molecular weight excluding hydrogens is 218 g/mol. The SMILES string of the molecule is CC1CCCC(CC2CCNc3ccccc32)C1. The van der Waals surface area contributed by atoms with Gasteiger partial charge in [-0.15, -0.1) is 0 Å². The van der Waals surface area contributed by atoms with Gasteiger partial charge < -0.3 is 5.32 Å². The molecule has 3 rings (SSSR count). The third-order valence-corrected chi connectivity index (χ3v) is 4.87. The van der Waals surface area contributed by atoms with Crippen molar-refractivity contribution in [1.82, 2.24) is 0 Å². The van der Waals surface area contributed by atoms with Crippen molar-refractivity contribution < 1.29 is 0 Å². The molecule has 0 saturated heterocycles. The van der Waals surface area contributed by atoms with Crippen LogP contribution in [-0.2, 0) is 0 Å². The summed E-state index contributed by atoms with van der Waals surface area (Å²) in [5.41, 5.74) is 2.96. The van der Waals surface area contributed by atoms with Crippen molar-refractivity contribution in [1.29, 1.82) is 0 Å². The topological polar surface area (TPSA) is 12.0 Å². The van der Waals surface area contributed by atoms with Crippen LogP contribution in [0.1, 0.15) is 56.9 Å². The van der Waals surface area contributed by atoms with E-state index in [1.807, 2.05) is 0 Å². The van der Waals surface area contributed by atoms with E-state index in [2.05, 4.69) is 36.5 Å². The number of hydrogen-bond donors (Lipinski definition) is 1. The van der Waals surface area contributed by atoms with Gasteiger partial charge in [-0.1, -0.05) is 44.4 Å². The van der Waals surface area contributed by atoms with E-state index in [0.717, 1.165) is 24.3 Å². The Morgan fingerprint density at radius 2 is 2.06 bits per heavy atom. The molecule has 1 aliphatic carbocycles. The maximum Gasteiger partial charge on any atom is 0.0375 e. The molecule has 1 aromatic carbocycles. The average Bonchev–Trinajstić information content (AvgIpc) is 2.39. The Balaban J connectivity index is 1.70. The van der Waals surface area contributed by atoms with Crippen LogP contribution >= 0.6 is 0 Å². The molecule has 1 heterocycles. The van der Waals surface area contributed by atoms with Gasteiger partial charge in [0.2, 0.25) is 0 Å². The molecule has 98 valence electrons. The minimum atomic E-state index is 0.803. The smallest absolute Gasteiger partial charge is 0.0375 e. The van der Waals surface area contributed by atoms with Gasteiger partial charge in [0.1, 0.15) is 0 Å². The van der Waals surface area contributed by atoms with E-state index in [9.17, 15) is 0 Å². The van der Waals surface area contributed by atoms with Crippen LogP contribution in [0.3, 0.4) is 0 Å². The second-order valence-electron chi connectivity index (χ2n) is 6.37. The van der Waals surface area contributed by atoms with E-state index >= 15 is 0 Å². The Bertz CT molecular complexity index is 398. The highest BCUT2D eigenvalue weighted by Crippen LogP contribution is 2.40. The Morgan fingerprint density at radius 3 is 2.94 bits per heavy atom. The Hall–Kier alpha value is -0.980. The van der Waals surface area contributed by atoms with Crippen LogP contribution in [-0.4, -0.2) is 6.54 Å². The molecule has 0 aromatic heterocycles. The second-order valence-corrected chi connectivity index (χ2v) is 6.37. The first-order valence-electron chi connectivity index (χ1n) is 7.65. The molecule has 1 nitrogen and oxygen atoms in total. The molecule has 1 aromatic rings. The summed E-state index contributed by atoms with van der Waals surface area (Å²) in [6.07, 6.45) is 8.59. The highest BCUT2D eigenvalue weighted by atomic mass is 14.9. The van der Waals surface area contributed by atoms with E-state index < -0.39 is 0 Å². The molecule has 18 heavy (non-hydrogen) atoms. The second kappa shape index (κ2) is 5.34. The third-order valence-electron chi connectivity index (χ3n) is 4.87. The van der Waals surface area contributed by atoms with Crippen molar-refractivity contribution in [2.45, 2.75) is 51.4 Å². The zero-order chi connectivity index (χ0) is 12.4. The highest BCUT2D eigenvalue weighted by molar-refractivity contribution is 5.54. The maximum atomic E-state index is 3.54. The van der Waals surface area contributed by atoms with Gasteiger partial charge in [-0.3, -0.25) is 0 Å². The van der Waals surface area contributed by atoms with Crippen molar-refractivity contribution in [2.24, 2.45) is 11.8 Å². The van der Waals surface area contributed by atoms with Crippen molar-refractivity contribution >= 4 is 5.69 Å². The monoisotopic (exact) mass is 243 g/mol. The lowest BCUT2D eigenvalue weighted by molar-refractivity contribution is 0.254. The standard InChI is InChI=1S/C17H25N/c1-13-5-4-6-14(11-13)12-15-9-10-18-17-8-3-2-7-16(15)17/h2-3,7-8,13-15,18H,4-6,9-12H2,1H3. The molecule has 3 atom stereocenters. The largest absolute Gasteiger partial charge is 0.385 e. The number of nitrogens with one attached hydrogen (secondary N) is 1. The van der Waals surface area contributed by atoms with Crippen LogP contribution in [0.4, 0.5) is 5.69 Å². The number of para-hydroxylation sites is 1. The summed E-state index contributed by atoms with van der Waals surface area (Å²) in [6.45, 7) is 3.59. The summed E-state index contributed by atoms with van der Waals surface area (Å²) in [5, 5.41) is 3.54. The van der Waals surface area contributed by atoms with E-state index in [-0.39, 0.29) is 0 Å². The van der Waals surface area contributed by atoms with Gasteiger partial charge in [0.15, 0.2) is 0 Å². The molecule has 1 aliphatic heterocycles. The lowest BCUT2D eigenvalue weighted by atomic mass is 9.75.